The molecule has 0 saturated carbocycles. The predicted molar refractivity (Wildman–Crippen MR) is 236 cm³/mol. The number of hydrogen-bond acceptors (Lipinski definition) is 12. The monoisotopic (exact) mass is 920 g/mol. The Balaban J connectivity index is 3.19. The first-order valence-electron chi connectivity index (χ1n) is 21.7. The Kier molecular flexibility index (Phi) is 25.6. The molecule has 0 radical (unpaired) electrons. The fourth-order valence-electron chi connectivity index (χ4n) is 6.46. The van der Waals surface area contributed by atoms with Gasteiger partial charge in [-0.3, -0.25) is 43.2 Å². The van der Waals surface area contributed by atoms with Crippen LogP contribution in [0.3, 0.4) is 0 Å². The van der Waals surface area contributed by atoms with Crippen LogP contribution in [0.2, 0.25) is 0 Å². The van der Waals surface area contributed by atoms with E-state index in [2.05, 4.69) is 37.2 Å². The Morgan fingerprint density at radius 2 is 1.06 bits per heavy atom. The Bertz CT molecular complexity index is 1780. The van der Waals surface area contributed by atoms with Crippen LogP contribution in [0.4, 0.5) is 0 Å². The molecule has 0 fully saturated rings. The molecule has 0 aliphatic carbocycles. The van der Waals surface area contributed by atoms with Crippen molar-refractivity contribution in [3.8, 4) is 0 Å². The van der Waals surface area contributed by atoms with Gasteiger partial charge in [0.05, 0.1) is 25.4 Å². The largest absolute Gasteiger partial charge is 0.481 e. The number of rotatable bonds is 31. The second-order valence-corrected chi connectivity index (χ2v) is 16.8. The van der Waals surface area contributed by atoms with Gasteiger partial charge in [0, 0.05) is 0 Å². The highest BCUT2D eigenvalue weighted by molar-refractivity contribution is 5.98. The third-order valence-corrected chi connectivity index (χ3v) is 10.1. The minimum atomic E-state index is -1.90. The normalized spacial score (nSPS) is 14.8. The third-order valence-electron chi connectivity index (χ3n) is 10.1. The summed E-state index contributed by atoms with van der Waals surface area (Å²) in [6.45, 7) is 9.95. The van der Waals surface area contributed by atoms with E-state index < -0.39 is 127 Å². The second kappa shape index (κ2) is 29.3. The van der Waals surface area contributed by atoms with Gasteiger partial charge in [-0.25, -0.2) is 4.79 Å². The van der Waals surface area contributed by atoms with Crippen LogP contribution in [0.5, 0.6) is 0 Å². The first-order valence-corrected chi connectivity index (χ1v) is 21.7. The number of aliphatic carboxylic acids is 3. The summed E-state index contributed by atoms with van der Waals surface area (Å²) in [4.78, 5) is 129. The molecular formula is C43H69N9O13. The van der Waals surface area contributed by atoms with Crippen LogP contribution >= 0.6 is 0 Å². The van der Waals surface area contributed by atoms with Crippen molar-refractivity contribution >= 4 is 59.3 Å². The summed E-state index contributed by atoms with van der Waals surface area (Å²) in [5, 5.41) is 45.4. The quantitative estimate of drug-likeness (QED) is 0.0393. The summed E-state index contributed by atoms with van der Waals surface area (Å²) in [5.74, 6) is -11.9. The molecule has 14 N–H and O–H groups in total. The molecular weight excluding hydrogens is 851 g/mol. The lowest BCUT2D eigenvalue weighted by atomic mass is 9.96. The highest BCUT2D eigenvalue weighted by Crippen LogP contribution is 2.13. The highest BCUT2D eigenvalue weighted by Gasteiger charge is 2.35. The Morgan fingerprint density at radius 3 is 1.54 bits per heavy atom. The van der Waals surface area contributed by atoms with E-state index in [0.717, 1.165) is 5.56 Å². The average Bonchev–Trinajstić information content (AvgIpc) is 3.22. The number of benzene rings is 1. The highest BCUT2D eigenvalue weighted by atomic mass is 16.4. The Hall–Kier alpha value is -6.16. The maximum Gasteiger partial charge on any atom is 0.326 e. The molecule has 8 atom stereocenters. The molecule has 7 amide bonds. The molecule has 0 saturated heterocycles. The van der Waals surface area contributed by atoms with Crippen LogP contribution in [-0.2, 0) is 54.4 Å². The van der Waals surface area contributed by atoms with E-state index in [4.69, 9.17) is 11.5 Å². The van der Waals surface area contributed by atoms with Crippen LogP contribution in [-0.4, -0.2) is 130 Å². The molecule has 1 aromatic carbocycles. The van der Waals surface area contributed by atoms with Crippen LogP contribution in [0.1, 0.15) is 98.5 Å². The maximum atomic E-state index is 13.8. The number of amides is 7. The van der Waals surface area contributed by atoms with E-state index in [0.29, 0.717) is 25.8 Å². The van der Waals surface area contributed by atoms with E-state index in [1.54, 1.807) is 53.7 Å². The zero-order valence-electron chi connectivity index (χ0n) is 38.0. The third kappa shape index (κ3) is 22.3. The lowest BCUT2D eigenvalue weighted by Gasteiger charge is -2.28. The number of carbonyl (C=O) groups is 10. The molecule has 0 bridgehead atoms. The fourth-order valence-corrected chi connectivity index (χ4v) is 6.46. The van der Waals surface area contributed by atoms with Gasteiger partial charge >= 0.3 is 17.9 Å². The molecule has 1 aromatic rings. The number of nitrogens with two attached hydrogens (primary N) is 2. The summed E-state index contributed by atoms with van der Waals surface area (Å²) in [6, 6.07) is -0.854. The minimum Gasteiger partial charge on any atom is -0.481 e. The van der Waals surface area contributed by atoms with Gasteiger partial charge in [0.15, 0.2) is 0 Å². The summed E-state index contributed by atoms with van der Waals surface area (Å²) < 4.78 is 0. The summed E-state index contributed by atoms with van der Waals surface area (Å²) in [6.07, 6.45) is -0.313. The van der Waals surface area contributed by atoms with Crippen molar-refractivity contribution < 1.29 is 63.3 Å². The molecule has 0 aliphatic rings. The van der Waals surface area contributed by atoms with Crippen molar-refractivity contribution in [2.24, 2.45) is 29.2 Å². The van der Waals surface area contributed by atoms with Gasteiger partial charge in [-0.2, -0.15) is 0 Å². The fraction of sp³-hybridized carbons (Fsp3) is 0.628. The molecule has 0 spiro atoms. The number of carboxylic acids is 3. The van der Waals surface area contributed by atoms with Gasteiger partial charge in [0.2, 0.25) is 41.4 Å². The molecule has 0 aromatic heterocycles. The average molecular weight is 920 g/mol. The maximum absolute atomic E-state index is 13.8. The lowest BCUT2D eigenvalue weighted by molar-refractivity contribution is -0.145. The van der Waals surface area contributed by atoms with Crippen LogP contribution < -0.4 is 48.7 Å². The summed E-state index contributed by atoms with van der Waals surface area (Å²) in [7, 11) is 0. The number of carboxylic acid groups (broad SMARTS) is 3. The topological polar surface area (TPSA) is 368 Å². The predicted octanol–water partition coefficient (Wildman–Crippen LogP) is -1.12. The zero-order valence-corrected chi connectivity index (χ0v) is 38.0. The van der Waals surface area contributed by atoms with E-state index in [1.165, 1.54) is 0 Å². The van der Waals surface area contributed by atoms with Crippen molar-refractivity contribution in [3.05, 3.63) is 35.9 Å². The number of hydrogen-bond donors (Lipinski definition) is 12. The van der Waals surface area contributed by atoms with Crippen LogP contribution in [0.25, 0.3) is 0 Å². The van der Waals surface area contributed by atoms with Gasteiger partial charge in [-0.1, -0.05) is 78.3 Å². The lowest BCUT2D eigenvalue weighted by Crippen LogP contribution is -2.60. The van der Waals surface area contributed by atoms with Gasteiger partial charge in [0.1, 0.15) is 36.3 Å². The first-order chi connectivity index (χ1) is 30.5. The molecule has 0 heterocycles. The Morgan fingerprint density at radius 1 is 0.585 bits per heavy atom. The van der Waals surface area contributed by atoms with Crippen molar-refractivity contribution in [2.75, 3.05) is 13.1 Å². The second-order valence-electron chi connectivity index (χ2n) is 16.8. The van der Waals surface area contributed by atoms with Gasteiger partial charge in [-0.05, 0) is 68.4 Å². The zero-order chi connectivity index (χ0) is 49.4. The van der Waals surface area contributed by atoms with Crippen molar-refractivity contribution in [3.63, 3.8) is 0 Å². The van der Waals surface area contributed by atoms with Crippen LogP contribution in [0.15, 0.2) is 30.3 Å². The molecule has 0 aliphatic heterocycles. The van der Waals surface area contributed by atoms with E-state index in [1.807, 2.05) is 18.2 Å². The van der Waals surface area contributed by atoms with E-state index in [9.17, 15) is 63.3 Å². The van der Waals surface area contributed by atoms with E-state index in [-0.39, 0.29) is 37.5 Å². The molecule has 22 heteroatoms. The number of unbranched alkanes of at least 4 members (excludes halogenated alkanes) is 1. The molecule has 364 valence electrons. The summed E-state index contributed by atoms with van der Waals surface area (Å²) >= 11 is 0. The van der Waals surface area contributed by atoms with Crippen LogP contribution in [0, 0.1) is 17.8 Å². The number of carbonyl (C=O) groups excluding carboxylic acids is 7. The smallest absolute Gasteiger partial charge is 0.326 e. The van der Waals surface area contributed by atoms with Gasteiger partial charge in [0.25, 0.3) is 0 Å². The van der Waals surface area contributed by atoms with Gasteiger partial charge in [-0.15, -0.1) is 0 Å². The Labute approximate surface area is 378 Å². The van der Waals surface area contributed by atoms with E-state index >= 15 is 0 Å². The molecule has 1 rings (SSSR count). The van der Waals surface area contributed by atoms with Crippen molar-refractivity contribution in [1.29, 1.82) is 0 Å². The number of nitrogens with one attached hydrogen (secondary N) is 7. The van der Waals surface area contributed by atoms with Crippen molar-refractivity contribution in [1.82, 2.24) is 37.2 Å². The molecule has 65 heavy (non-hydrogen) atoms. The molecule has 22 nitrogen and oxygen atoms in total. The van der Waals surface area contributed by atoms with Crippen molar-refractivity contribution in [2.45, 2.75) is 142 Å². The first kappa shape index (κ1) is 56.9. The SMILES string of the molecule is CC[C@H](C)[C@H](NC(=O)CNC(=O)[C@H](CCCCN)NC(=O)[C@@H](N)Cc1ccccc1)C(=O)N[C@@H](CC(C)C)C(=O)N[C@@H](CC(=O)O)C(=O)N[C@@H](CC(=O)O)C(=O)N[C@@H](CC(C)C)C(=O)O. The standard InChI is InChI=1S/C43H69N9O13/c1-7-25(6)36(52-33(53)22-46-38(59)28(15-11-12-16-44)47-37(58)27(45)19-26-13-9-8-10-14-26)42(63)50-29(17-23(2)3)39(60)48-30(20-34(54)55)40(61)49-31(21-35(56)57)41(62)51-32(43(64)65)18-24(4)5/h8-10,13-14,23-25,27-32,36H,7,11-12,15-22,44-45H2,1-6H3,(H,46,59)(H,47,58)(H,48,60)(H,49,61)(H,50,63)(H,51,62)(H,52,53)(H,54,55)(H,56,57)(H,64,65)/t25-,27-,28-,29-,30-,31-,32-,36-/m0/s1. The minimum absolute atomic E-state index is 0.0307. The van der Waals surface area contributed by atoms with Gasteiger partial charge < -0.3 is 64.0 Å². The summed E-state index contributed by atoms with van der Waals surface area (Å²) in [5.41, 5.74) is 12.6. The molecule has 0 unspecified atom stereocenters.